The van der Waals surface area contributed by atoms with E-state index >= 15 is 0 Å². The number of hydrogen-bond acceptors (Lipinski definition) is 3. The van der Waals surface area contributed by atoms with Crippen molar-refractivity contribution in [3.8, 4) is 0 Å². The zero-order chi connectivity index (χ0) is 17.1. The zero-order valence-corrected chi connectivity index (χ0v) is 13.3. The second-order valence-corrected chi connectivity index (χ2v) is 5.66. The van der Waals surface area contributed by atoms with Gasteiger partial charge in [0.1, 0.15) is 0 Å². The van der Waals surface area contributed by atoms with Crippen molar-refractivity contribution < 1.29 is 9.59 Å². The highest BCUT2D eigenvalue weighted by Crippen LogP contribution is 2.24. The van der Waals surface area contributed by atoms with Gasteiger partial charge >= 0.3 is 0 Å². The van der Waals surface area contributed by atoms with Gasteiger partial charge in [0.2, 0.25) is 0 Å². The van der Waals surface area contributed by atoms with Crippen LogP contribution in [-0.4, -0.2) is 11.6 Å². The van der Waals surface area contributed by atoms with E-state index in [1.165, 1.54) is 0 Å². The molecule has 3 heteroatoms. The first-order valence-corrected chi connectivity index (χ1v) is 7.67. The largest absolute Gasteiger partial charge is 0.398 e. The van der Waals surface area contributed by atoms with Gasteiger partial charge in [0.15, 0.2) is 11.6 Å². The summed E-state index contributed by atoms with van der Waals surface area (Å²) in [6.45, 7) is 1.95. The lowest BCUT2D eigenvalue weighted by atomic mass is 9.92. The van der Waals surface area contributed by atoms with Crippen LogP contribution in [0.1, 0.15) is 37.4 Å². The Morgan fingerprint density at radius 3 is 2.00 bits per heavy atom. The molecule has 0 aromatic heterocycles. The second-order valence-electron chi connectivity index (χ2n) is 5.66. The first-order valence-electron chi connectivity index (χ1n) is 7.67. The van der Waals surface area contributed by atoms with E-state index in [-0.39, 0.29) is 17.1 Å². The molecule has 0 unspecified atom stereocenters. The molecule has 0 radical (unpaired) electrons. The monoisotopic (exact) mass is 315 g/mol. The van der Waals surface area contributed by atoms with E-state index in [0.29, 0.717) is 22.4 Å². The molecule has 118 valence electrons. The number of benzene rings is 3. The Bertz CT molecular complexity index is 897. The SMILES string of the molecule is Cc1ccc(C(=O)c2c(N)cccc2C(=O)c2ccccc2)cc1. The van der Waals surface area contributed by atoms with Gasteiger partial charge in [0.05, 0.1) is 5.56 Å². The highest BCUT2D eigenvalue weighted by molar-refractivity contribution is 6.21. The number of carbonyl (C=O) groups is 2. The van der Waals surface area contributed by atoms with Crippen LogP contribution < -0.4 is 5.73 Å². The van der Waals surface area contributed by atoms with Crippen molar-refractivity contribution in [3.05, 3.63) is 101 Å². The Morgan fingerprint density at radius 2 is 1.33 bits per heavy atom. The number of ketones is 2. The summed E-state index contributed by atoms with van der Waals surface area (Å²) < 4.78 is 0. The van der Waals surface area contributed by atoms with E-state index in [1.807, 2.05) is 25.1 Å². The third kappa shape index (κ3) is 2.97. The van der Waals surface area contributed by atoms with Gasteiger partial charge in [0.25, 0.3) is 0 Å². The van der Waals surface area contributed by atoms with Gasteiger partial charge in [-0.15, -0.1) is 0 Å². The molecule has 0 aliphatic heterocycles. The standard InChI is InChI=1S/C21H17NO2/c1-14-10-12-16(13-11-14)21(24)19-17(8-5-9-18(19)22)20(23)15-6-3-2-4-7-15/h2-13H,22H2,1H3. The van der Waals surface area contributed by atoms with Gasteiger partial charge in [0, 0.05) is 22.4 Å². The van der Waals surface area contributed by atoms with Gasteiger partial charge in [-0.3, -0.25) is 9.59 Å². The number of carbonyl (C=O) groups excluding carboxylic acids is 2. The number of rotatable bonds is 4. The van der Waals surface area contributed by atoms with Gasteiger partial charge in [-0.2, -0.15) is 0 Å². The van der Waals surface area contributed by atoms with Crippen LogP contribution in [0.25, 0.3) is 0 Å². The fourth-order valence-corrected chi connectivity index (χ4v) is 2.61. The third-order valence-corrected chi connectivity index (χ3v) is 3.92. The minimum absolute atomic E-state index is 0.210. The van der Waals surface area contributed by atoms with Crippen LogP contribution in [0.2, 0.25) is 0 Å². The number of nitrogen functional groups attached to an aromatic ring is 1. The van der Waals surface area contributed by atoms with Crippen molar-refractivity contribution >= 4 is 17.3 Å². The van der Waals surface area contributed by atoms with E-state index in [1.54, 1.807) is 54.6 Å². The average molecular weight is 315 g/mol. The maximum atomic E-state index is 12.9. The lowest BCUT2D eigenvalue weighted by Crippen LogP contribution is -2.13. The topological polar surface area (TPSA) is 60.2 Å². The minimum atomic E-state index is -0.243. The van der Waals surface area contributed by atoms with Crippen molar-refractivity contribution in [2.24, 2.45) is 0 Å². The molecule has 0 heterocycles. The summed E-state index contributed by atoms with van der Waals surface area (Å²) in [5, 5.41) is 0. The number of hydrogen-bond donors (Lipinski definition) is 1. The molecular formula is C21H17NO2. The van der Waals surface area contributed by atoms with Crippen LogP contribution in [0, 0.1) is 6.92 Å². The maximum Gasteiger partial charge on any atom is 0.195 e. The number of anilines is 1. The van der Waals surface area contributed by atoms with Gasteiger partial charge < -0.3 is 5.73 Å². The molecule has 3 rings (SSSR count). The van der Waals surface area contributed by atoms with Crippen molar-refractivity contribution in [2.45, 2.75) is 6.92 Å². The van der Waals surface area contributed by atoms with Crippen LogP contribution in [-0.2, 0) is 0 Å². The third-order valence-electron chi connectivity index (χ3n) is 3.92. The van der Waals surface area contributed by atoms with E-state index in [4.69, 9.17) is 5.73 Å². The van der Waals surface area contributed by atoms with Crippen LogP contribution in [0.15, 0.2) is 72.8 Å². The van der Waals surface area contributed by atoms with Crippen molar-refractivity contribution in [3.63, 3.8) is 0 Å². The lowest BCUT2D eigenvalue weighted by molar-refractivity contribution is 0.100. The Balaban J connectivity index is 2.10. The quantitative estimate of drug-likeness (QED) is 0.584. The molecule has 0 bridgehead atoms. The van der Waals surface area contributed by atoms with Gasteiger partial charge in [-0.25, -0.2) is 0 Å². The normalized spacial score (nSPS) is 10.4. The zero-order valence-electron chi connectivity index (χ0n) is 13.3. The predicted octanol–water partition coefficient (Wildman–Crippen LogP) is 4.04. The number of aryl methyl sites for hydroxylation is 1. The summed E-state index contributed by atoms with van der Waals surface area (Å²) in [6.07, 6.45) is 0. The highest BCUT2D eigenvalue weighted by atomic mass is 16.1. The first kappa shape index (κ1) is 15.7. The fraction of sp³-hybridized carbons (Fsp3) is 0.0476. The molecule has 24 heavy (non-hydrogen) atoms. The van der Waals surface area contributed by atoms with E-state index < -0.39 is 0 Å². The Morgan fingerprint density at radius 1 is 0.708 bits per heavy atom. The lowest BCUT2D eigenvalue weighted by Gasteiger charge is -2.11. The van der Waals surface area contributed by atoms with Crippen LogP contribution in [0.5, 0.6) is 0 Å². The van der Waals surface area contributed by atoms with Crippen molar-refractivity contribution in [1.82, 2.24) is 0 Å². The molecule has 0 spiro atoms. The Kier molecular flexibility index (Phi) is 4.25. The molecule has 0 aliphatic rings. The molecule has 0 saturated carbocycles. The summed E-state index contributed by atoms with van der Waals surface area (Å²) in [4.78, 5) is 25.7. The predicted molar refractivity (Wildman–Crippen MR) is 95.3 cm³/mol. The fourth-order valence-electron chi connectivity index (χ4n) is 2.61. The molecule has 0 saturated heterocycles. The minimum Gasteiger partial charge on any atom is -0.398 e. The first-order chi connectivity index (χ1) is 11.6. The number of nitrogens with two attached hydrogens (primary N) is 1. The molecule has 3 nitrogen and oxygen atoms in total. The summed E-state index contributed by atoms with van der Waals surface area (Å²) in [7, 11) is 0. The Hall–Kier alpha value is -3.20. The molecular weight excluding hydrogens is 298 g/mol. The second kappa shape index (κ2) is 6.50. The highest BCUT2D eigenvalue weighted by Gasteiger charge is 2.21. The summed E-state index contributed by atoms with van der Waals surface area (Å²) in [6, 6.07) is 21.1. The van der Waals surface area contributed by atoms with E-state index in [0.717, 1.165) is 5.56 Å². The van der Waals surface area contributed by atoms with Crippen LogP contribution in [0.3, 0.4) is 0 Å². The van der Waals surface area contributed by atoms with E-state index in [2.05, 4.69) is 0 Å². The summed E-state index contributed by atoms with van der Waals surface area (Å²) >= 11 is 0. The average Bonchev–Trinajstić information content (AvgIpc) is 2.61. The smallest absolute Gasteiger partial charge is 0.195 e. The molecule has 0 aliphatic carbocycles. The molecule has 0 amide bonds. The van der Waals surface area contributed by atoms with E-state index in [9.17, 15) is 9.59 Å². The molecule has 0 atom stereocenters. The molecule has 3 aromatic carbocycles. The summed E-state index contributed by atoms with van der Waals surface area (Å²) in [5.41, 5.74) is 9.03. The van der Waals surface area contributed by atoms with Crippen molar-refractivity contribution in [1.29, 1.82) is 0 Å². The molecule has 2 N–H and O–H groups in total. The molecule has 0 fully saturated rings. The van der Waals surface area contributed by atoms with Crippen LogP contribution >= 0.6 is 0 Å². The summed E-state index contributed by atoms with van der Waals surface area (Å²) in [5.74, 6) is -0.453. The van der Waals surface area contributed by atoms with Crippen LogP contribution in [0.4, 0.5) is 5.69 Å². The maximum absolute atomic E-state index is 12.9. The Labute approximate surface area is 140 Å². The van der Waals surface area contributed by atoms with Crippen molar-refractivity contribution in [2.75, 3.05) is 5.73 Å². The molecule has 3 aromatic rings. The van der Waals surface area contributed by atoms with Gasteiger partial charge in [-0.1, -0.05) is 72.3 Å². The van der Waals surface area contributed by atoms with Gasteiger partial charge in [-0.05, 0) is 13.0 Å².